The van der Waals surface area contributed by atoms with Crippen molar-refractivity contribution in [2.75, 3.05) is 0 Å². The van der Waals surface area contributed by atoms with Gasteiger partial charge in [0.25, 0.3) is 0 Å². The van der Waals surface area contributed by atoms with Gasteiger partial charge in [0.1, 0.15) is 17.4 Å². The molecule has 1 fully saturated rings. The number of pyridine rings is 2. The smallest absolute Gasteiger partial charge is 0.223 e. The number of nitrogens with two attached hydrogens (primary N) is 1. The van der Waals surface area contributed by atoms with Crippen molar-refractivity contribution in [3.8, 4) is 5.88 Å². The first-order chi connectivity index (χ1) is 9.84. The Labute approximate surface area is 127 Å². The Hall–Kier alpha value is -1.46. The highest BCUT2D eigenvalue weighted by atomic mass is 35.5. The lowest BCUT2D eigenvalue weighted by molar-refractivity contribution is 0.0389. The topological polar surface area (TPSA) is 61.0 Å². The molecular formula is C15H17ClFN3O. The second-order valence-corrected chi connectivity index (χ2v) is 6.45. The lowest BCUT2D eigenvalue weighted by Gasteiger charge is -2.30. The summed E-state index contributed by atoms with van der Waals surface area (Å²) in [5.41, 5.74) is 6.49. The molecule has 4 nitrogen and oxygen atoms in total. The molecule has 0 bridgehead atoms. The molecular weight excluding hydrogens is 293 g/mol. The minimum absolute atomic E-state index is 0.122. The normalized spacial score (nSPS) is 22.1. The second-order valence-electron chi connectivity index (χ2n) is 6.06. The van der Waals surface area contributed by atoms with Crippen LogP contribution in [-0.4, -0.2) is 22.2 Å². The van der Waals surface area contributed by atoms with Gasteiger partial charge in [0, 0.05) is 30.8 Å². The molecule has 1 saturated carbocycles. The van der Waals surface area contributed by atoms with E-state index in [2.05, 4.69) is 9.97 Å². The van der Waals surface area contributed by atoms with Crippen LogP contribution >= 0.6 is 11.6 Å². The molecule has 0 aromatic carbocycles. The number of alkyl halides is 1. The molecule has 3 rings (SSSR count). The average Bonchev–Trinajstić information content (AvgIpc) is 2.35. The molecule has 0 saturated heterocycles. The molecule has 6 heteroatoms. The molecule has 0 atom stereocenters. The molecule has 1 aliphatic carbocycles. The van der Waals surface area contributed by atoms with Crippen molar-refractivity contribution in [3.63, 3.8) is 0 Å². The number of aromatic nitrogens is 2. The number of rotatable bonds is 3. The van der Waals surface area contributed by atoms with Crippen molar-refractivity contribution < 1.29 is 9.13 Å². The summed E-state index contributed by atoms with van der Waals surface area (Å²) >= 11 is 5.99. The zero-order valence-electron chi connectivity index (χ0n) is 11.9. The Bertz CT molecular complexity index is 680. The Morgan fingerprint density at radius 1 is 1.29 bits per heavy atom. The Morgan fingerprint density at radius 3 is 2.62 bits per heavy atom. The van der Waals surface area contributed by atoms with E-state index < -0.39 is 11.7 Å². The molecule has 112 valence electrons. The summed E-state index contributed by atoms with van der Waals surface area (Å²) in [6.07, 6.45) is 3.25. The SMILES string of the molecule is CC(C)(N)c1cnc(OC2CC(F)C2)c2cnc(Cl)cc12. The summed E-state index contributed by atoms with van der Waals surface area (Å²) in [7, 11) is 0. The monoisotopic (exact) mass is 309 g/mol. The summed E-state index contributed by atoms with van der Waals surface area (Å²) in [6, 6.07) is 1.76. The molecule has 2 aromatic heterocycles. The highest BCUT2D eigenvalue weighted by Gasteiger charge is 2.32. The summed E-state index contributed by atoms with van der Waals surface area (Å²) in [5, 5.41) is 2.00. The first kappa shape index (κ1) is 14.5. The van der Waals surface area contributed by atoms with Crippen LogP contribution in [0.15, 0.2) is 18.5 Å². The minimum Gasteiger partial charge on any atom is -0.474 e. The zero-order valence-corrected chi connectivity index (χ0v) is 12.7. The van der Waals surface area contributed by atoms with Gasteiger partial charge in [-0.25, -0.2) is 14.4 Å². The van der Waals surface area contributed by atoms with Crippen LogP contribution in [0.5, 0.6) is 5.88 Å². The van der Waals surface area contributed by atoms with E-state index in [0.29, 0.717) is 23.9 Å². The third-order valence-electron chi connectivity index (χ3n) is 3.71. The fourth-order valence-electron chi connectivity index (χ4n) is 2.45. The Kier molecular flexibility index (Phi) is 3.50. The Balaban J connectivity index is 2.07. The maximum absolute atomic E-state index is 12.9. The van der Waals surface area contributed by atoms with Gasteiger partial charge in [0.2, 0.25) is 5.88 Å². The molecule has 2 heterocycles. The lowest BCUT2D eigenvalue weighted by atomic mass is 9.92. The first-order valence-electron chi connectivity index (χ1n) is 6.89. The summed E-state index contributed by atoms with van der Waals surface area (Å²) in [6.45, 7) is 3.80. The standard InChI is InChI=1S/C15H17ClFN3O/c1-15(2,18)12-7-20-14(21-9-3-8(17)4-9)11-6-19-13(16)5-10(11)12/h5-9H,3-4,18H2,1-2H3. The number of halogens is 2. The predicted molar refractivity (Wildman–Crippen MR) is 80.3 cm³/mol. The highest BCUT2D eigenvalue weighted by molar-refractivity contribution is 6.30. The van der Waals surface area contributed by atoms with E-state index in [1.165, 1.54) is 0 Å². The minimum atomic E-state index is -0.768. The molecule has 0 amide bonds. The van der Waals surface area contributed by atoms with Gasteiger partial charge in [-0.1, -0.05) is 11.6 Å². The van der Waals surface area contributed by atoms with Crippen molar-refractivity contribution in [2.45, 2.75) is 44.5 Å². The first-order valence-corrected chi connectivity index (χ1v) is 7.26. The maximum Gasteiger partial charge on any atom is 0.223 e. The van der Waals surface area contributed by atoms with Crippen molar-refractivity contribution >= 4 is 22.4 Å². The fourth-order valence-corrected chi connectivity index (χ4v) is 2.61. The molecule has 2 N–H and O–H groups in total. The largest absolute Gasteiger partial charge is 0.474 e. The fraction of sp³-hybridized carbons (Fsp3) is 0.467. The van der Waals surface area contributed by atoms with Gasteiger partial charge in [-0.2, -0.15) is 0 Å². The van der Waals surface area contributed by atoms with E-state index in [0.717, 1.165) is 16.3 Å². The summed E-state index contributed by atoms with van der Waals surface area (Å²) < 4.78 is 18.7. The van der Waals surface area contributed by atoms with E-state index in [-0.39, 0.29) is 6.10 Å². The number of nitrogens with zero attached hydrogens (tertiary/aromatic N) is 2. The van der Waals surface area contributed by atoms with Crippen LogP contribution in [0.2, 0.25) is 5.15 Å². The maximum atomic E-state index is 12.9. The van der Waals surface area contributed by atoms with Crippen LogP contribution < -0.4 is 10.5 Å². The number of fused-ring (bicyclic) bond motifs is 1. The number of hydrogen-bond donors (Lipinski definition) is 1. The molecule has 2 aromatic rings. The highest BCUT2D eigenvalue weighted by Crippen LogP contribution is 2.35. The second kappa shape index (κ2) is 5.07. The molecule has 0 spiro atoms. The predicted octanol–water partition coefficient (Wildman–Crippen LogP) is 3.36. The quantitative estimate of drug-likeness (QED) is 0.883. The Morgan fingerprint density at radius 2 is 2.00 bits per heavy atom. The van der Waals surface area contributed by atoms with Gasteiger partial charge in [-0.05, 0) is 30.9 Å². The van der Waals surface area contributed by atoms with Crippen LogP contribution in [0.4, 0.5) is 4.39 Å². The third kappa shape index (κ3) is 2.80. The van der Waals surface area contributed by atoms with Gasteiger partial charge < -0.3 is 10.5 Å². The lowest BCUT2D eigenvalue weighted by Crippen LogP contribution is -2.35. The molecule has 21 heavy (non-hydrogen) atoms. The van der Waals surface area contributed by atoms with Crippen molar-refractivity contribution in [1.82, 2.24) is 9.97 Å². The van der Waals surface area contributed by atoms with E-state index >= 15 is 0 Å². The van der Waals surface area contributed by atoms with Gasteiger partial charge >= 0.3 is 0 Å². The van der Waals surface area contributed by atoms with Crippen LogP contribution in [-0.2, 0) is 5.54 Å². The van der Waals surface area contributed by atoms with Gasteiger partial charge in [0.15, 0.2) is 0 Å². The summed E-state index contributed by atoms with van der Waals surface area (Å²) in [5.74, 6) is 0.457. The zero-order chi connectivity index (χ0) is 15.2. The van der Waals surface area contributed by atoms with E-state index in [1.807, 2.05) is 13.8 Å². The van der Waals surface area contributed by atoms with Crippen LogP contribution in [0.3, 0.4) is 0 Å². The molecule has 1 aliphatic rings. The molecule has 0 unspecified atom stereocenters. The third-order valence-corrected chi connectivity index (χ3v) is 3.92. The van der Waals surface area contributed by atoms with Crippen LogP contribution in [0.1, 0.15) is 32.3 Å². The average molecular weight is 310 g/mol. The van der Waals surface area contributed by atoms with Gasteiger partial charge in [-0.3, -0.25) is 0 Å². The van der Waals surface area contributed by atoms with E-state index in [1.54, 1.807) is 18.5 Å². The summed E-state index contributed by atoms with van der Waals surface area (Å²) in [4.78, 5) is 8.43. The van der Waals surface area contributed by atoms with Gasteiger partial charge in [0.05, 0.1) is 5.39 Å². The van der Waals surface area contributed by atoms with Crippen molar-refractivity contribution in [3.05, 3.63) is 29.2 Å². The van der Waals surface area contributed by atoms with Crippen LogP contribution in [0.25, 0.3) is 10.8 Å². The number of hydrogen-bond acceptors (Lipinski definition) is 4. The molecule has 0 radical (unpaired) electrons. The van der Waals surface area contributed by atoms with Crippen LogP contribution in [0, 0.1) is 0 Å². The van der Waals surface area contributed by atoms with Crippen molar-refractivity contribution in [1.29, 1.82) is 0 Å². The molecule has 0 aliphatic heterocycles. The van der Waals surface area contributed by atoms with Gasteiger partial charge in [-0.15, -0.1) is 0 Å². The number of ether oxygens (including phenoxy) is 1. The van der Waals surface area contributed by atoms with E-state index in [9.17, 15) is 4.39 Å². The van der Waals surface area contributed by atoms with Crippen molar-refractivity contribution in [2.24, 2.45) is 5.73 Å². The van der Waals surface area contributed by atoms with E-state index in [4.69, 9.17) is 22.1 Å².